The van der Waals surface area contributed by atoms with E-state index in [0.29, 0.717) is 40.9 Å². The third kappa shape index (κ3) is 3.90. The molecule has 0 amide bonds. The Morgan fingerprint density at radius 1 is 0.966 bits per heavy atom. The lowest BCUT2D eigenvalue weighted by Gasteiger charge is -2.62. The molecule has 9 atom stereocenters. The lowest BCUT2D eigenvalue weighted by molar-refractivity contribution is -0.159. The number of aliphatic carboxylic acids is 1. The van der Waals surface area contributed by atoms with E-state index in [1.165, 1.54) is 51.4 Å². The molecule has 4 rings (SSSR count). The van der Waals surface area contributed by atoms with Crippen molar-refractivity contribution in [2.75, 3.05) is 0 Å². The van der Waals surface area contributed by atoms with E-state index in [1.807, 2.05) is 13.8 Å². The van der Waals surface area contributed by atoms with E-state index in [-0.39, 0.29) is 6.10 Å². The van der Waals surface area contributed by atoms with Crippen LogP contribution >= 0.6 is 0 Å². The van der Waals surface area contributed by atoms with Crippen molar-refractivity contribution in [1.29, 1.82) is 0 Å². The maximum atomic E-state index is 11.1. The highest BCUT2D eigenvalue weighted by Crippen LogP contribution is 2.68. The van der Waals surface area contributed by atoms with Gasteiger partial charge >= 0.3 is 5.97 Å². The molecule has 6 unspecified atom stereocenters. The quantitative estimate of drug-likeness (QED) is 0.558. The summed E-state index contributed by atoms with van der Waals surface area (Å²) in [5.41, 5.74) is 0.714. The van der Waals surface area contributed by atoms with Crippen LogP contribution in [0.5, 0.6) is 0 Å². The average Bonchev–Trinajstić information content (AvgIpc) is 3.05. The van der Waals surface area contributed by atoms with E-state index in [1.54, 1.807) is 0 Å². The van der Waals surface area contributed by atoms with Gasteiger partial charge in [0, 0.05) is 6.42 Å². The lowest BCUT2D eigenvalue weighted by Crippen LogP contribution is -2.57. The van der Waals surface area contributed by atoms with Crippen molar-refractivity contribution in [1.82, 2.24) is 0 Å². The highest BCUT2D eigenvalue weighted by molar-refractivity contribution is 5.66. The van der Waals surface area contributed by atoms with Gasteiger partial charge in [-0.25, -0.2) is 0 Å². The summed E-state index contributed by atoms with van der Waals surface area (Å²) in [6, 6.07) is 0. The van der Waals surface area contributed by atoms with E-state index < -0.39 is 5.97 Å². The Balaban J connectivity index is 0.00000117. The monoisotopic (exact) mass is 406 g/mol. The fraction of sp³-hybridized carbons (Fsp3) is 0.962. The number of carbonyl (C=O) groups is 1. The molecule has 0 spiro atoms. The van der Waals surface area contributed by atoms with Gasteiger partial charge in [0.05, 0.1) is 6.10 Å². The molecule has 3 heteroatoms. The highest BCUT2D eigenvalue weighted by atomic mass is 16.4. The topological polar surface area (TPSA) is 57.5 Å². The molecule has 168 valence electrons. The van der Waals surface area contributed by atoms with Crippen molar-refractivity contribution in [3.63, 3.8) is 0 Å². The molecule has 29 heavy (non-hydrogen) atoms. The molecule has 0 saturated heterocycles. The maximum Gasteiger partial charge on any atom is 0.303 e. The molecule has 0 aromatic carbocycles. The number of rotatable bonds is 4. The first kappa shape index (κ1) is 23.1. The smallest absolute Gasteiger partial charge is 0.303 e. The van der Waals surface area contributed by atoms with Crippen molar-refractivity contribution in [3.8, 4) is 0 Å². The van der Waals surface area contributed by atoms with Gasteiger partial charge in [0.1, 0.15) is 0 Å². The molecule has 4 saturated carbocycles. The molecule has 0 heterocycles. The third-order valence-corrected chi connectivity index (χ3v) is 10.2. The van der Waals surface area contributed by atoms with Crippen LogP contribution in [0.4, 0.5) is 0 Å². The summed E-state index contributed by atoms with van der Waals surface area (Å²) in [6.07, 6.45) is 12.5. The summed E-state index contributed by atoms with van der Waals surface area (Å²) < 4.78 is 0. The second kappa shape index (κ2) is 8.89. The van der Waals surface area contributed by atoms with Crippen LogP contribution in [-0.4, -0.2) is 22.3 Å². The molecule has 3 nitrogen and oxygen atoms in total. The average molecular weight is 407 g/mol. The van der Waals surface area contributed by atoms with Gasteiger partial charge in [-0.3, -0.25) is 4.79 Å². The van der Waals surface area contributed by atoms with Crippen LogP contribution < -0.4 is 0 Å². The second-order valence-electron chi connectivity index (χ2n) is 11.2. The van der Waals surface area contributed by atoms with Gasteiger partial charge in [0.15, 0.2) is 0 Å². The van der Waals surface area contributed by atoms with Crippen LogP contribution in [-0.2, 0) is 4.79 Å². The molecular formula is C26H46O3. The van der Waals surface area contributed by atoms with Crippen LogP contribution in [0.2, 0.25) is 0 Å². The Morgan fingerprint density at radius 2 is 1.66 bits per heavy atom. The van der Waals surface area contributed by atoms with Gasteiger partial charge in [-0.1, -0.05) is 47.5 Å². The fourth-order valence-electron chi connectivity index (χ4n) is 8.88. The zero-order valence-electron chi connectivity index (χ0n) is 19.6. The molecule has 4 fully saturated rings. The summed E-state index contributed by atoms with van der Waals surface area (Å²) in [5.74, 6) is 3.27. The molecule has 0 radical (unpaired) electrons. The molecule has 2 N–H and O–H groups in total. The normalized spacial score (nSPS) is 47.1. The maximum absolute atomic E-state index is 11.1. The van der Waals surface area contributed by atoms with E-state index in [2.05, 4.69) is 20.8 Å². The van der Waals surface area contributed by atoms with Gasteiger partial charge in [-0.15, -0.1) is 0 Å². The molecule has 0 bridgehead atoms. The summed E-state index contributed by atoms with van der Waals surface area (Å²) >= 11 is 0. The van der Waals surface area contributed by atoms with Gasteiger partial charge < -0.3 is 10.2 Å². The fourth-order valence-corrected chi connectivity index (χ4v) is 8.88. The first-order valence-electron chi connectivity index (χ1n) is 12.7. The number of fused-ring (bicyclic) bond motifs is 5. The van der Waals surface area contributed by atoms with Crippen molar-refractivity contribution in [2.45, 2.75) is 111 Å². The summed E-state index contributed by atoms with van der Waals surface area (Å²) in [6.45, 7) is 11.3. The second-order valence-corrected chi connectivity index (χ2v) is 11.2. The van der Waals surface area contributed by atoms with E-state index in [9.17, 15) is 9.90 Å². The van der Waals surface area contributed by atoms with Crippen LogP contribution in [0.15, 0.2) is 0 Å². The first-order valence-corrected chi connectivity index (χ1v) is 12.7. The van der Waals surface area contributed by atoms with Crippen molar-refractivity contribution < 1.29 is 15.0 Å². The molecule has 0 aliphatic heterocycles. The van der Waals surface area contributed by atoms with Crippen molar-refractivity contribution in [3.05, 3.63) is 0 Å². The third-order valence-electron chi connectivity index (χ3n) is 10.2. The Morgan fingerprint density at radius 3 is 2.34 bits per heavy atom. The van der Waals surface area contributed by atoms with Gasteiger partial charge in [-0.05, 0) is 97.7 Å². The molecule has 0 aromatic heterocycles. The molecule has 4 aliphatic rings. The highest BCUT2D eigenvalue weighted by Gasteiger charge is 2.61. The van der Waals surface area contributed by atoms with Crippen LogP contribution in [0.1, 0.15) is 105 Å². The molecule has 0 aromatic rings. The Kier molecular flexibility index (Phi) is 7.08. The van der Waals surface area contributed by atoms with Crippen molar-refractivity contribution in [2.24, 2.45) is 46.3 Å². The van der Waals surface area contributed by atoms with Gasteiger partial charge in [0.2, 0.25) is 0 Å². The summed E-state index contributed by atoms with van der Waals surface area (Å²) in [4.78, 5) is 11.0. The zero-order chi connectivity index (χ0) is 21.4. The van der Waals surface area contributed by atoms with Crippen LogP contribution in [0.25, 0.3) is 0 Å². The minimum Gasteiger partial charge on any atom is -0.481 e. The number of aliphatic hydroxyl groups is 1. The predicted molar refractivity (Wildman–Crippen MR) is 119 cm³/mol. The Labute approximate surface area is 179 Å². The molecule has 4 aliphatic carbocycles. The van der Waals surface area contributed by atoms with Crippen LogP contribution in [0.3, 0.4) is 0 Å². The zero-order valence-corrected chi connectivity index (χ0v) is 19.6. The van der Waals surface area contributed by atoms with Gasteiger partial charge in [0.25, 0.3) is 0 Å². The number of hydrogen-bond donors (Lipinski definition) is 2. The van der Waals surface area contributed by atoms with Gasteiger partial charge in [-0.2, -0.15) is 0 Å². The van der Waals surface area contributed by atoms with Crippen molar-refractivity contribution >= 4 is 5.97 Å². The minimum atomic E-state index is -0.656. The number of aliphatic hydroxyl groups excluding tert-OH is 1. The number of hydrogen-bond acceptors (Lipinski definition) is 2. The number of carboxylic acid groups (broad SMARTS) is 1. The largest absolute Gasteiger partial charge is 0.481 e. The predicted octanol–water partition coefficient (Wildman–Crippen LogP) is 6.53. The SMILES string of the molecule is CC.C[C@H](CCC(=O)O)C1CCC2C3C[C@H](O)C4CCCCC4(C)[C@H]3CCC21C. The first-order chi connectivity index (χ1) is 13.8. The lowest BCUT2D eigenvalue weighted by atomic mass is 9.44. The summed E-state index contributed by atoms with van der Waals surface area (Å²) in [5, 5.41) is 20.2. The van der Waals surface area contributed by atoms with E-state index in [0.717, 1.165) is 24.7 Å². The number of carboxylic acids is 1. The Hall–Kier alpha value is -0.570. The Bertz CT molecular complexity index is 574. The van der Waals surface area contributed by atoms with Crippen LogP contribution in [0, 0.1) is 46.3 Å². The molecular weight excluding hydrogens is 360 g/mol. The van der Waals surface area contributed by atoms with E-state index >= 15 is 0 Å². The minimum absolute atomic E-state index is 0.0950. The summed E-state index contributed by atoms with van der Waals surface area (Å²) in [7, 11) is 0. The van der Waals surface area contributed by atoms with E-state index in [4.69, 9.17) is 5.11 Å². The standard InChI is InChI=1S/C24H40O3.C2H6/c1-15(7-10-22(26)27)17-8-9-18-16-14-21(25)20-6-4-5-12-23(20,2)19(16)11-13-24(17,18)3;1-2/h15-21,25H,4-14H2,1-3H3,(H,26,27);1-2H3/t15-,16?,17?,18?,19+,20?,21+,23?,24?;/m1./s1.